The lowest BCUT2D eigenvalue weighted by Gasteiger charge is -2.26. The first-order valence-electron chi connectivity index (χ1n) is 8.51. The van der Waals surface area contributed by atoms with E-state index < -0.39 is 39.4 Å². The molecule has 0 bridgehead atoms. The topological polar surface area (TPSA) is 94.4 Å². The van der Waals surface area contributed by atoms with Crippen LogP contribution in [0.3, 0.4) is 0 Å². The fraction of sp³-hybridized carbons (Fsp3) is 0.625. The molecule has 0 aliphatic carbocycles. The van der Waals surface area contributed by atoms with Crippen molar-refractivity contribution >= 4 is 28.0 Å². The third kappa shape index (κ3) is 3.17. The van der Waals surface area contributed by atoms with Gasteiger partial charge in [-0.3, -0.25) is 18.9 Å². The van der Waals surface area contributed by atoms with Crippen molar-refractivity contribution in [3.8, 4) is 0 Å². The second kappa shape index (κ2) is 6.76. The molecule has 28 heavy (non-hydrogen) atoms. The quantitative estimate of drug-likeness (QED) is 0.799. The van der Waals surface area contributed by atoms with Crippen molar-refractivity contribution < 1.29 is 18.3 Å². The molecular formula is C16H20F3N5O3S. The highest BCUT2D eigenvalue weighted by molar-refractivity contribution is 8.15. The van der Waals surface area contributed by atoms with Crippen molar-refractivity contribution in [1.29, 1.82) is 0 Å². The molecule has 3 unspecified atom stereocenters. The third-order valence-corrected chi connectivity index (χ3v) is 6.59. The SMILES string of the molecule is CC1N=C(C(C)(O)C(F)(F)F)SC1CCn1c(=O)c2c(ncn2C)n(C)c1=O. The maximum atomic E-state index is 13.1. The lowest BCUT2D eigenvalue weighted by atomic mass is 10.1. The zero-order valence-corrected chi connectivity index (χ0v) is 16.5. The van der Waals surface area contributed by atoms with Gasteiger partial charge in [-0.1, -0.05) is 0 Å². The molecule has 12 heteroatoms. The van der Waals surface area contributed by atoms with Gasteiger partial charge in [-0.2, -0.15) is 13.2 Å². The number of aliphatic hydroxyl groups is 1. The van der Waals surface area contributed by atoms with Crippen LogP contribution in [0.5, 0.6) is 0 Å². The van der Waals surface area contributed by atoms with Gasteiger partial charge in [0, 0.05) is 25.9 Å². The van der Waals surface area contributed by atoms with Crippen LogP contribution in [0, 0.1) is 0 Å². The fourth-order valence-corrected chi connectivity index (χ4v) is 4.39. The Hall–Kier alpha value is -2.08. The van der Waals surface area contributed by atoms with E-state index in [9.17, 15) is 27.9 Å². The minimum absolute atomic E-state index is 0.0194. The maximum absolute atomic E-state index is 13.1. The average molecular weight is 419 g/mol. The van der Waals surface area contributed by atoms with Gasteiger partial charge in [0.15, 0.2) is 11.2 Å². The Morgan fingerprint density at radius 3 is 2.54 bits per heavy atom. The molecule has 1 aliphatic rings. The minimum atomic E-state index is -4.84. The largest absolute Gasteiger partial charge is 0.423 e. The Kier molecular flexibility index (Phi) is 4.99. The number of thioether (sulfide) groups is 1. The van der Waals surface area contributed by atoms with E-state index in [0.717, 1.165) is 16.3 Å². The zero-order chi connectivity index (χ0) is 21.0. The summed E-state index contributed by atoms with van der Waals surface area (Å²) in [5.41, 5.74) is -3.54. The average Bonchev–Trinajstić information content (AvgIpc) is 3.15. The van der Waals surface area contributed by atoms with Crippen LogP contribution in [-0.4, -0.2) is 51.9 Å². The Labute approximate surface area is 161 Å². The Balaban J connectivity index is 1.84. The van der Waals surface area contributed by atoms with Gasteiger partial charge in [0.25, 0.3) is 5.56 Å². The van der Waals surface area contributed by atoms with E-state index in [1.165, 1.54) is 22.5 Å². The maximum Gasteiger partial charge on any atom is 0.423 e. The fourth-order valence-electron chi connectivity index (χ4n) is 3.05. The molecule has 0 saturated heterocycles. The van der Waals surface area contributed by atoms with Crippen LogP contribution in [0.25, 0.3) is 11.2 Å². The summed E-state index contributed by atoms with van der Waals surface area (Å²) in [5, 5.41) is 9.02. The van der Waals surface area contributed by atoms with Gasteiger partial charge in [-0.05, 0) is 20.3 Å². The second-order valence-electron chi connectivity index (χ2n) is 7.02. The normalized spacial score (nSPS) is 22.5. The van der Waals surface area contributed by atoms with E-state index in [-0.39, 0.29) is 24.1 Å². The van der Waals surface area contributed by atoms with Crippen LogP contribution in [0.15, 0.2) is 20.9 Å². The number of halogens is 3. The first kappa shape index (κ1) is 20.6. The number of hydrogen-bond acceptors (Lipinski definition) is 6. The van der Waals surface area contributed by atoms with Crippen LogP contribution in [-0.2, 0) is 20.6 Å². The number of hydrogen-bond donors (Lipinski definition) is 1. The summed E-state index contributed by atoms with van der Waals surface area (Å²) in [6.45, 7) is 2.33. The summed E-state index contributed by atoms with van der Waals surface area (Å²) in [5.74, 6) is 0. The van der Waals surface area contributed by atoms with E-state index in [4.69, 9.17) is 0 Å². The molecule has 3 rings (SSSR count). The summed E-state index contributed by atoms with van der Waals surface area (Å²) in [6, 6.07) is -0.492. The molecule has 1 aliphatic heterocycles. The van der Waals surface area contributed by atoms with Crippen molar-refractivity contribution in [2.75, 3.05) is 0 Å². The second-order valence-corrected chi connectivity index (χ2v) is 8.24. The van der Waals surface area contributed by atoms with E-state index in [2.05, 4.69) is 9.98 Å². The van der Waals surface area contributed by atoms with Gasteiger partial charge < -0.3 is 9.67 Å². The number of alkyl halides is 3. The highest BCUT2D eigenvalue weighted by atomic mass is 32.2. The standard InChI is InChI=1S/C16H20F3N5O3S/c1-8-9(28-13(21-8)15(2,27)16(17,18)19)5-6-24-12(25)10-11(20-7-22(10)3)23(4)14(24)26/h7-9,27H,5-6H2,1-4H3. The van der Waals surface area contributed by atoms with Crippen LogP contribution in [0.4, 0.5) is 13.2 Å². The van der Waals surface area contributed by atoms with Gasteiger partial charge in [0.05, 0.1) is 12.4 Å². The van der Waals surface area contributed by atoms with E-state index in [0.29, 0.717) is 6.92 Å². The summed E-state index contributed by atoms with van der Waals surface area (Å²) in [7, 11) is 3.14. The molecular weight excluding hydrogens is 399 g/mol. The number of fused-ring (bicyclic) bond motifs is 1. The Morgan fingerprint density at radius 1 is 1.29 bits per heavy atom. The number of imidazole rings is 1. The lowest BCUT2D eigenvalue weighted by molar-refractivity contribution is -0.222. The van der Waals surface area contributed by atoms with Gasteiger partial charge in [0.1, 0.15) is 5.04 Å². The number of aryl methyl sites for hydroxylation is 2. The van der Waals surface area contributed by atoms with Gasteiger partial charge in [0.2, 0.25) is 5.60 Å². The molecule has 2 aromatic rings. The molecule has 0 radical (unpaired) electrons. The lowest BCUT2D eigenvalue weighted by Crippen LogP contribution is -2.47. The predicted octanol–water partition coefficient (Wildman–Crippen LogP) is 1.04. The van der Waals surface area contributed by atoms with Crippen LogP contribution >= 0.6 is 11.8 Å². The van der Waals surface area contributed by atoms with Gasteiger partial charge in [-0.15, -0.1) is 11.8 Å². The molecule has 3 heterocycles. The number of aliphatic imine (C=N–C) groups is 1. The molecule has 0 amide bonds. The predicted molar refractivity (Wildman–Crippen MR) is 99.8 cm³/mol. The number of rotatable bonds is 4. The Bertz CT molecular complexity index is 1070. The first-order chi connectivity index (χ1) is 12.9. The molecule has 0 saturated carbocycles. The molecule has 8 nitrogen and oxygen atoms in total. The van der Waals surface area contributed by atoms with Crippen LogP contribution < -0.4 is 11.2 Å². The summed E-state index contributed by atoms with van der Waals surface area (Å²) < 4.78 is 43.0. The minimum Gasteiger partial charge on any atom is -0.375 e. The van der Waals surface area contributed by atoms with Gasteiger partial charge in [-0.25, -0.2) is 9.78 Å². The zero-order valence-electron chi connectivity index (χ0n) is 15.7. The van der Waals surface area contributed by atoms with Crippen molar-refractivity contribution in [3.63, 3.8) is 0 Å². The molecule has 0 spiro atoms. The highest BCUT2D eigenvalue weighted by Crippen LogP contribution is 2.41. The molecule has 154 valence electrons. The van der Waals surface area contributed by atoms with E-state index in [1.807, 2.05) is 0 Å². The molecule has 0 fully saturated rings. The van der Waals surface area contributed by atoms with Crippen molar-refractivity contribution in [3.05, 3.63) is 27.2 Å². The number of nitrogens with zero attached hydrogens (tertiary/aromatic N) is 5. The first-order valence-corrected chi connectivity index (χ1v) is 9.39. The molecule has 0 aromatic carbocycles. The number of aromatic nitrogens is 4. The molecule has 2 aromatic heterocycles. The van der Waals surface area contributed by atoms with Crippen molar-refractivity contribution in [1.82, 2.24) is 18.7 Å². The van der Waals surface area contributed by atoms with E-state index in [1.54, 1.807) is 14.0 Å². The third-order valence-electron chi connectivity index (χ3n) is 4.93. The smallest absolute Gasteiger partial charge is 0.375 e. The van der Waals surface area contributed by atoms with Crippen LogP contribution in [0.1, 0.15) is 20.3 Å². The van der Waals surface area contributed by atoms with Crippen LogP contribution in [0.2, 0.25) is 0 Å². The summed E-state index contributed by atoms with van der Waals surface area (Å²) >= 11 is 0.834. The van der Waals surface area contributed by atoms with Crippen molar-refractivity contribution in [2.45, 2.75) is 49.9 Å². The Morgan fingerprint density at radius 2 is 1.93 bits per heavy atom. The van der Waals surface area contributed by atoms with Crippen molar-refractivity contribution in [2.24, 2.45) is 19.1 Å². The summed E-state index contributed by atoms with van der Waals surface area (Å²) in [6.07, 6.45) is -3.17. The van der Waals surface area contributed by atoms with Gasteiger partial charge >= 0.3 is 11.9 Å². The molecule has 3 atom stereocenters. The monoisotopic (exact) mass is 419 g/mol. The summed E-state index contributed by atoms with van der Waals surface area (Å²) in [4.78, 5) is 33.2. The molecule has 1 N–H and O–H groups in total. The van der Waals surface area contributed by atoms with E-state index >= 15 is 0 Å². The highest BCUT2D eigenvalue weighted by Gasteiger charge is 2.55.